The molecule has 1 aromatic rings. The van der Waals surface area contributed by atoms with Crippen molar-refractivity contribution in [2.45, 2.75) is 25.7 Å². The molecule has 0 aliphatic carbocycles. The third kappa shape index (κ3) is 4.40. The van der Waals surface area contributed by atoms with E-state index in [0.29, 0.717) is 19.4 Å². The first-order valence-electron chi connectivity index (χ1n) is 5.56. The zero-order valence-corrected chi connectivity index (χ0v) is 9.30. The van der Waals surface area contributed by atoms with Gasteiger partial charge in [-0.3, -0.25) is 9.78 Å². The second-order valence-corrected chi connectivity index (χ2v) is 3.88. The number of carbonyl (C=O) groups is 1. The van der Waals surface area contributed by atoms with Crippen molar-refractivity contribution in [1.82, 2.24) is 4.98 Å². The molecular formula is C12H18N2O2. The van der Waals surface area contributed by atoms with Crippen LogP contribution in [0.2, 0.25) is 0 Å². The Labute approximate surface area is 95.5 Å². The highest BCUT2D eigenvalue weighted by Crippen LogP contribution is 2.15. The molecule has 1 rings (SSSR count). The number of unbranched alkanes of at least 4 members (excludes halogenated alkanes) is 1. The van der Waals surface area contributed by atoms with Crippen molar-refractivity contribution in [3.8, 4) is 0 Å². The number of nitrogens with zero attached hydrogens (tertiary/aromatic N) is 1. The molecule has 0 aliphatic heterocycles. The predicted octanol–water partition coefficient (Wildman–Crippen LogP) is 1.45. The maximum Gasteiger partial charge on any atom is 0.306 e. The molecule has 88 valence electrons. The number of carboxylic acids is 1. The molecule has 0 aromatic carbocycles. The summed E-state index contributed by atoms with van der Waals surface area (Å²) in [4.78, 5) is 15.0. The summed E-state index contributed by atoms with van der Waals surface area (Å²) in [5, 5.41) is 9.09. The van der Waals surface area contributed by atoms with Crippen LogP contribution in [-0.2, 0) is 11.2 Å². The number of nitrogens with two attached hydrogens (primary N) is 1. The first-order chi connectivity index (χ1) is 7.74. The van der Waals surface area contributed by atoms with E-state index in [1.807, 2.05) is 12.1 Å². The smallest absolute Gasteiger partial charge is 0.306 e. The third-order valence-electron chi connectivity index (χ3n) is 2.59. The molecule has 0 spiro atoms. The number of rotatable bonds is 7. The molecule has 0 amide bonds. The number of pyridine rings is 1. The fourth-order valence-corrected chi connectivity index (χ4v) is 1.65. The standard InChI is InChI=1S/C12H18N2O2/c13-6-2-1-3-11(12(15)16)9-10-4-7-14-8-5-10/h4-5,7-8,11H,1-3,6,9,13H2,(H,15,16). The highest BCUT2D eigenvalue weighted by atomic mass is 16.4. The Morgan fingerprint density at radius 1 is 1.38 bits per heavy atom. The van der Waals surface area contributed by atoms with E-state index in [-0.39, 0.29) is 5.92 Å². The zero-order chi connectivity index (χ0) is 11.8. The van der Waals surface area contributed by atoms with Crippen molar-refractivity contribution < 1.29 is 9.90 Å². The second-order valence-electron chi connectivity index (χ2n) is 3.88. The lowest BCUT2D eigenvalue weighted by molar-refractivity contribution is -0.142. The van der Waals surface area contributed by atoms with E-state index >= 15 is 0 Å². The summed E-state index contributed by atoms with van der Waals surface area (Å²) in [5.41, 5.74) is 6.41. The Balaban J connectivity index is 2.48. The SMILES string of the molecule is NCCCCC(Cc1ccncc1)C(=O)O. The molecule has 0 fully saturated rings. The summed E-state index contributed by atoms with van der Waals surface area (Å²) in [6, 6.07) is 3.72. The lowest BCUT2D eigenvalue weighted by Gasteiger charge is -2.11. The second kappa shape index (κ2) is 6.95. The van der Waals surface area contributed by atoms with Gasteiger partial charge in [0.15, 0.2) is 0 Å². The van der Waals surface area contributed by atoms with Crippen LogP contribution in [0.5, 0.6) is 0 Å². The molecule has 0 bridgehead atoms. The van der Waals surface area contributed by atoms with E-state index < -0.39 is 5.97 Å². The molecule has 1 heterocycles. The Morgan fingerprint density at radius 2 is 2.06 bits per heavy atom. The molecule has 1 unspecified atom stereocenters. The maximum absolute atomic E-state index is 11.1. The molecule has 0 saturated heterocycles. The van der Waals surface area contributed by atoms with Crippen molar-refractivity contribution in [1.29, 1.82) is 0 Å². The largest absolute Gasteiger partial charge is 0.481 e. The topological polar surface area (TPSA) is 76.2 Å². The quantitative estimate of drug-likeness (QED) is 0.685. The van der Waals surface area contributed by atoms with Gasteiger partial charge in [0.1, 0.15) is 0 Å². The minimum Gasteiger partial charge on any atom is -0.481 e. The van der Waals surface area contributed by atoms with Gasteiger partial charge in [-0.2, -0.15) is 0 Å². The summed E-state index contributed by atoms with van der Waals surface area (Å²) in [6.07, 6.45) is 6.40. The summed E-state index contributed by atoms with van der Waals surface area (Å²) in [7, 11) is 0. The minimum absolute atomic E-state index is 0.311. The molecule has 1 atom stereocenters. The van der Waals surface area contributed by atoms with Crippen LogP contribution in [0.3, 0.4) is 0 Å². The number of aromatic nitrogens is 1. The van der Waals surface area contributed by atoms with Crippen LogP contribution in [0.15, 0.2) is 24.5 Å². The fraction of sp³-hybridized carbons (Fsp3) is 0.500. The van der Waals surface area contributed by atoms with Crippen molar-refractivity contribution in [3.63, 3.8) is 0 Å². The van der Waals surface area contributed by atoms with E-state index in [2.05, 4.69) is 4.98 Å². The van der Waals surface area contributed by atoms with E-state index in [1.54, 1.807) is 12.4 Å². The summed E-state index contributed by atoms with van der Waals surface area (Å²) in [6.45, 7) is 0.627. The number of hydrogen-bond donors (Lipinski definition) is 2. The highest BCUT2D eigenvalue weighted by Gasteiger charge is 2.17. The third-order valence-corrected chi connectivity index (χ3v) is 2.59. The van der Waals surface area contributed by atoms with E-state index in [4.69, 9.17) is 10.8 Å². The van der Waals surface area contributed by atoms with Gasteiger partial charge in [0, 0.05) is 12.4 Å². The maximum atomic E-state index is 11.1. The van der Waals surface area contributed by atoms with Gasteiger partial charge < -0.3 is 10.8 Å². The molecule has 0 radical (unpaired) electrons. The molecule has 0 saturated carbocycles. The van der Waals surface area contributed by atoms with Gasteiger partial charge >= 0.3 is 5.97 Å². The van der Waals surface area contributed by atoms with Crippen LogP contribution in [-0.4, -0.2) is 22.6 Å². The van der Waals surface area contributed by atoms with Gasteiger partial charge in [0.2, 0.25) is 0 Å². The summed E-state index contributed by atoms with van der Waals surface area (Å²) >= 11 is 0. The van der Waals surface area contributed by atoms with Crippen LogP contribution in [0.4, 0.5) is 0 Å². The summed E-state index contributed by atoms with van der Waals surface area (Å²) in [5.74, 6) is -1.04. The van der Waals surface area contributed by atoms with Crippen molar-refractivity contribution in [3.05, 3.63) is 30.1 Å². The van der Waals surface area contributed by atoms with Crippen LogP contribution >= 0.6 is 0 Å². The molecular weight excluding hydrogens is 204 g/mol. The van der Waals surface area contributed by atoms with Crippen LogP contribution in [0.25, 0.3) is 0 Å². The predicted molar refractivity (Wildman–Crippen MR) is 62.0 cm³/mol. The minimum atomic E-state index is -0.728. The Morgan fingerprint density at radius 3 is 2.62 bits per heavy atom. The Kier molecular flexibility index (Phi) is 5.50. The van der Waals surface area contributed by atoms with Gasteiger partial charge in [-0.25, -0.2) is 0 Å². The van der Waals surface area contributed by atoms with Gasteiger partial charge in [0.05, 0.1) is 5.92 Å². The van der Waals surface area contributed by atoms with Gasteiger partial charge in [-0.15, -0.1) is 0 Å². The zero-order valence-electron chi connectivity index (χ0n) is 9.30. The molecule has 0 aliphatic rings. The molecule has 4 heteroatoms. The Bertz CT molecular complexity index is 314. The summed E-state index contributed by atoms with van der Waals surface area (Å²) < 4.78 is 0. The molecule has 1 aromatic heterocycles. The monoisotopic (exact) mass is 222 g/mol. The molecule has 4 nitrogen and oxygen atoms in total. The van der Waals surface area contributed by atoms with Gasteiger partial charge in [-0.1, -0.05) is 6.42 Å². The van der Waals surface area contributed by atoms with E-state index in [0.717, 1.165) is 18.4 Å². The first-order valence-corrected chi connectivity index (χ1v) is 5.56. The van der Waals surface area contributed by atoms with Crippen molar-refractivity contribution in [2.75, 3.05) is 6.54 Å². The number of carboxylic acid groups (broad SMARTS) is 1. The normalized spacial score (nSPS) is 12.3. The number of aliphatic carboxylic acids is 1. The number of hydrogen-bond acceptors (Lipinski definition) is 3. The lowest BCUT2D eigenvalue weighted by Crippen LogP contribution is -2.17. The average molecular weight is 222 g/mol. The first kappa shape index (κ1) is 12.6. The molecule has 3 N–H and O–H groups in total. The van der Waals surface area contributed by atoms with E-state index in [9.17, 15) is 4.79 Å². The highest BCUT2D eigenvalue weighted by molar-refractivity contribution is 5.70. The fourth-order valence-electron chi connectivity index (χ4n) is 1.65. The Hall–Kier alpha value is -1.42. The van der Waals surface area contributed by atoms with Gasteiger partial charge in [0.25, 0.3) is 0 Å². The average Bonchev–Trinajstić information content (AvgIpc) is 2.29. The van der Waals surface area contributed by atoms with Gasteiger partial charge in [-0.05, 0) is 43.5 Å². The van der Waals surface area contributed by atoms with Crippen molar-refractivity contribution >= 4 is 5.97 Å². The van der Waals surface area contributed by atoms with Crippen LogP contribution in [0, 0.1) is 5.92 Å². The molecule has 16 heavy (non-hydrogen) atoms. The lowest BCUT2D eigenvalue weighted by atomic mass is 9.95. The van der Waals surface area contributed by atoms with E-state index in [1.165, 1.54) is 0 Å². The van der Waals surface area contributed by atoms with Crippen molar-refractivity contribution in [2.24, 2.45) is 11.7 Å². The van der Waals surface area contributed by atoms with Crippen LogP contribution < -0.4 is 5.73 Å². The van der Waals surface area contributed by atoms with Crippen LogP contribution in [0.1, 0.15) is 24.8 Å².